The van der Waals surface area contributed by atoms with Gasteiger partial charge in [0.1, 0.15) is 10.9 Å². The number of halogens is 1. The summed E-state index contributed by atoms with van der Waals surface area (Å²) in [6.07, 6.45) is 0. The van der Waals surface area contributed by atoms with E-state index < -0.39 is 6.04 Å². The number of aryl methyl sites for hydroxylation is 1. The van der Waals surface area contributed by atoms with Crippen LogP contribution in [-0.2, 0) is 0 Å². The van der Waals surface area contributed by atoms with Crippen molar-refractivity contribution in [1.29, 1.82) is 5.26 Å². The van der Waals surface area contributed by atoms with Gasteiger partial charge >= 0.3 is 0 Å². The zero-order chi connectivity index (χ0) is 11.6. The molecule has 1 aromatic heterocycles. The van der Waals surface area contributed by atoms with Crippen molar-refractivity contribution in [3.8, 4) is 6.07 Å². The van der Waals surface area contributed by atoms with E-state index in [0.29, 0.717) is 9.90 Å². The molecular formula is C10H11ClN2OS. The number of carbonyl (C=O) groups is 1. The van der Waals surface area contributed by atoms with Crippen molar-refractivity contribution in [2.24, 2.45) is 0 Å². The molecule has 1 rings (SSSR count). The van der Waals surface area contributed by atoms with E-state index in [9.17, 15) is 4.79 Å². The van der Waals surface area contributed by atoms with Crippen molar-refractivity contribution in [2.75, 3.05) is 7.05 Å². The van der Waals surface area contributed by atoms with E-state index in [1.54, 1.807) is 14.0 Å². The molecule has 0 aromatic carbocycles. The fourth-order valence-electron chi connectivity index (χ4n) is 0.997. The first-order valence-electron chi connectivity index (χ1n) is 4.39. The smallest absolute Gasteiger partial charge is 0.266 e. The van der Waals surface area contributed by atoms with E-state index in [1.807, 2.05) is 18.4 Å². The number of thiophene rings is 1. The number of rotatable bonds is 2. The predicted molar refractivity (Wildman–Crippen MR) is 61.2 cm³/mol. The summed E-state index contributed by atoms with van der Waals surface area (Å²) in [4.78, 5) is 13.8. The van der Waals surface area contributed by atoms with Crippen LogP contribution in [0.4, 0.5) is 0 Å². The van der Waals surface area contributed by atoms with Crippen LogP contribution in [0.25, 0.3) is 0 Å². The standard InChI is InChI=1S/C10H11ClN2OS/c1-6-5-15-9(8(6)11)10(14)13(3)7(2)4-12/h5,7H,1-3H3. The first kappa shape index (κ1) is 12.0. The van der Waals surface area contributed by atoms with Crippen LogP contribution in [0.15, 0.2) is 5.38 Å². The van der Waals surface area contributed by atoms with Gasteiger partial charge in [-0.05, 0) is 24.8 Å². The first-order chi connectivity index (χ1) is 6.99. The molecule has 1 heterocycles. The van der Waals surface area contributed by atoms with Gasteiger partial charge in [-0.2, -0.15) is 5.26 Å². The van der Waals surface area contributed by atoms with Crippen molar-refractivity contribution in [2.45, 2.75) is 19.9 Å². The summed E-state index contributed by atoms with van der Waals surface area (Å²) in [5, 5.41) is 11.0. The zero-order valence-corrected chi connectivity index (χ0v) is 10.3. The zero-order valence-electron chi connectivity index (χ0n) is 8.74. The molecule has 0 aliphatic rings. The minimum Gasteiger partial charge on any atom is -0.325 e. The Balaban J connectivity index is 2.96. The van der Waals surface area contributed by atoms with Crippen LogP contribution in [-0.4, -0.2) is 23.9 Å². The van der Waals surface area contributed by atoms with Crippen molar-refractivity contribution < 1.29 is 4.79 Å². The number of hydrogen-bond acceptors (Lipinski definition) is 3. The predicted octanol–water partition coefficient (Wildman–Crippen LogP) is 2.69. The summed E-state index contributed by atoms with van der Waals surface area (Å²) in [6.45, 7) is 3.52. The number of carbonyl (C=O) groups excluding carboxylic acids is 1. The van der Waals surface area contributed by atoms with Gasteiger partial charge in [-0.3, -0.25) is 4.79 Å². The summed E-state index contributed by atoms with van der Waals surface area (Å²) in [5.41, 5.74) is 0.892. The van der Waals surface area contributed by atoms with Crippen LogP contribution in [0.5, 0.6) is 0 Å². The molecule has 1 atom stereocenters. The monoisotopic (exact) mass is 242 g/mol. The molecular weight excluding hydrogens is 232 g/mol. The van der Waals surface area contributed by atoms with Gasteiger partial charge in [0, 0.05) is 7.05 Å². The topological polar surface area (TPSA) is 44.1 Å². The molecule has 0 saturated heterocycles. The largest absolute Gasteiger partial charge is 0.325 e. The fraction of sp³-hybridized carbons (Fsp3) is 0.400. The summed E-state index contributed by atoms with van der Waals surface area (Å²) < 4.78 is 0. The van der Waals surface area contributed by atoms with Crippen LogP contribution in [0.1, 0.15) is 22.2 Å². The quantitative estimate of drug-likeness (QED) is 0.800. The Hall–Kier alpha value is -1.05. The lowest BCUT2D eigenvalue weighted by Gasteiger charge is -2.18. The lowest BCUT2D eigenvalue weighted by Crippen LogP contribution is -2.33. The maximum absolute atomic E-state index is 11.9. The van der Waals surface area contributed by atoms with Crippen LogP contribution < -0.4 is 0 Å². The lowest BCUT2D eigenvalue weighted by molar-refractivity contribution is 0.0778. The molecule has 0 aliphatic heterocycles. The molecule has 0 bridgehead atoms. The summed E-state index contributed by atoms with van der Waals surface area (Å²) >= 11 is 7.28. The van der Waals surface area contributed by atoms with Gasteiger partial charge in [0.2, 0.25) is 0 Å². The molecule has 3 nitrogen and oxygen atoms in total. The lowest BCUT2D eigenvalue weighted by atomic mass is 10.3. The van der Waals surface area contributed by atoms with Gasteiger partial charge in [0.15, 0.2) is 0 Å². The second-order valence-electron chi connectivity index (χ2n) is 3.28. The number of hydrogen-bond donors (Lipinski definition) is 0. The van der Waals surface area contributed by atoms with Gasteiger partial charge in [-0.15, -0.1) is 11.3 Å². The van der Waals surface area contributed by atoms with E-state index in [-0.39, 0.29) is 5.91 Å². The van der Waals surface area contributed by atoms with Crippen molar-refractivity contribution in [3.05, 3.63) is 20.8 Å². The summed E-state index contributed by atoms with van der Waals surface area (Å²) in [6, 6.07) is 1.56. The van der Waals surface area contributed by atoms with E-state index in [2.05, 4.69) is 0 Å². The normalized spacial score (nSPS) is 11.9. The molecule has 1 unspecified atom stereocenters. The highest BCUT2D eigenvalue weighted by atomic mass is 35.5. The maximum Gasteiger partial charge on any atom is 0.266 e. The molecule has 0 radical (unpaired) electrons. The Morgan fingerprint density at radius 2 is 2.33 bits per heavy atom. The first-order valence-corrected chi connectivity index (χ1v) is 5.65. The van der Waals surface area contributed by atoms with E-state index in [0.717, 1.165) is 5.56 Å². The van der Waals surface area contributed by atoms with Crippen molar-refractivity contribution >= 4 is 28.8 Å². The molecule has 1 amide bonds. The second-order valence-corrected chi connectivity index (χ2v) is 4.54. The molecule has 1 aromatic rings. The second kappa shape index (κ2) is 4.65. The Morgan fingerprint density at radius 3 is 2.73 bits per heavy atom. The highest BCUT2D eigenvalue weighted by Gasteiger charge is 2.21. The Bertz CT molecular complexity index is 422. The van der Waals surface area contributed by atoms with Gasteiger partial charge in [-0.1, -0.05) is 11.6 Å². The van der Waals surface area contributed by atoms with Crippen molar-refractivity contribution in [1.82, 2.24) is 4.90 Å². The molecule has 15 heavy (non-hydrogen) atoms. The highest BCUT2D eigenvalue weighted by molar-refractivity contribution is 7.13. The average molecular weight is 243 g/mol. The molecule has 0 aliphatic carbocycles. The number of amides is 1. The van der Waals surface area contributed by atoms with Crippen LogP contribution in [0, 0.1) is 18.3 Å². The SMILES string of the molecule is Cc1csc(C(=O)N(C)C(C)C#N)c1Cl. The van der Waals surface area contributed by atoms with Crippen LogP contribution >= 0.6 is 22.9 Å². The Kier molecular flexibility index (Phi) is 3.72. The van der Waals surface area contributed by atoms with Gasteiger partial charge < -0.3 is 4.90 Å². The molecule has 80 valence electrons. The Labute approximate surface area is 97.9 Å². The van der Waals surface area contributed by atoms with E-state index >= 15 is 0 Å². The molecule has 0 N–H and O–H groups in total. The van der Waals surface area contributed by atoms with Crippen LogP contribution in [0.3, 0.4) is 0 Å². The van der Waals surface area contributed by atoms with Crippen LogP contribution in [0.2, 0.25) is 5.02 Å². The molecule has 0 spiro atoms. The Morgan fingerprint density at radius 1 is 1.73 bits per heavy atom. The summed E-state index contributed by atoms with van der Waals surface area (Å²) in [7, 11) is 1.60. The number of nitrogens with zero attached hydrogens (tertiary/aromatic N) is 2. The third-order valence-corrected chi connectivity index (χ3v) is 3.87. The molecule has 0 saturated carbocycles. The third kappa shape index (κ3) is 2.31. The molecule has 5 heteroatoms. The van der Waals surface area contributed by atoms with Gasteiger partial charge in [0.25, 0.3) is 5.91 Å². The summed E-state index contributed by atoms with van der Waals surface area (Å²) in [5.74, 6) is -0.202. The maximum atomic E-state index is 11.9. The minimum atomic E-state index is -0.448. The minimum absolute atomic E-state index is 0.202. The highest BCUT2D eigenvalue weighted by Crippen LogP contribution is 2.28. The van der Waals surface area contributed by atoms with Gasteiger partial charge in [0.05, 0.1) is 11.1 Å². The van der Waals surface area contributed by atoms with Crippen molar-refractivity contribution in [3.63, 3.8) is 0 Å². The fourth-order valence-corrected chi connectivity index (χ4v) is 2.25. The third-order valence-electron chi connectivity index (χ3n) is 2.18. The van der Waals surface area contributed by atoms with Gasteiger partial charge in [-0.25, -0.2) is 0 Å². The molecule has 0 fully saturated rings. The van der Waals surface area contributed by atoms with E-state index in [4.69, 9.17) is 16.9 Å². The van der Waals surface area contributed by atoms with E-state index in [1.165, 1.54) is 16.2 Å². The average Bonchev–Trinajstić information content (AvgIpc) is 2.56. The number of nitriles is 1.